The molecular formula is C17H21NO2. The van der Waals surface area contributed by atoms with Crippen LogP contribution < -0.4 is 15.2 Å². The van der Waals surface area contributed by atoms with Gasteiger partial charge in [0.2, 0.25) is 0 Å². The summed E-state index contributed by atoms with van der Waals surface area (Å²) >= 11 is 0. The first-order valence-corrected chi connectivity index (χ1v) is 6.76. The van der Waals surface area contributed by atoms with Crippen molar-refractivity contribution in [2.75, 3.05) is 7.11 Å². The van der Waals surface area contributed by atoms with Crippen LogP contribution in [-0.4, -0.2) is 13.2 Å². The number of rotatable bonds is 5. The second-order valence-electron chi connectivity index (χ2n) is 5.05. The van der Waals surface area contributed by atoms with Gasteiger partial charge in [0, 0.05) is 6.04 Å². The summed E-state index contributed by atoms with van der Waals surface area (Å²) < 4.78 is 11.4. The van der Waals surface area contributed by atoms with Gasteiger partial charge in [0.25, 0.3) is 0 Å². The van der Waals surface area contributed by atoms with Crippen LogP contribution in [0, 0.1) is 6.92 Å². The normalized spacial score (nSPS) is 12.0. The van der Waals surface area contributed by atoms with Gasteiger partial charge in [-0.3, -0.25) is 0 Å². The van der Waals surface area contributed by atoms with Crippen molar-refractivity contribution in [1.29, 1.82) is 0 Å². The third-order valence-corrected chi connectivity index (χ3v) is 3.05. The van der Waals surface area contributed by atoms with Gasteiger partial charge in [-0.05, 0) is 49.6 Å². The van der Waals surface area contributed by atoms with E-state index in [1.165, 1.54) is 0 Å². The van der Waals surface area contributed by atoms with Crippen LogP contribution in [0.3, 0.4) is 0 Å². The van der Waals surface area contributed by atoms with Gasteiger partial charge in [-0.2, -0.15) is 0 Å². The second kappa shape index (κ2) is 6.44. The van der Waals surface area contributed by atoms with Crippen LogP contribution in [0.1, 0.15) is 18.1 Å². The molecule has 0 aliphatic carbocycles. The summed E-state index contributed by atoms with van der Waals surface area (Å²) in [6, 6.07) is 13.9. The lowest BCUT2D eigenvalue weighted by molar-refractivity contribution is 0.377. The molecule has 106 valence electrons. The Hall–Kier alpha value is -2.00. The van der Waals surface area contributed by atoms with E-state index in [4.69, 9.17) is 15.2 Å². The molecule has 2 N–H and O–H groups in total. The lowest BCUT2D eigenvalue weighted by Gasteiger charge is -2.15. The highest BCUT2D eigenvalue weighted by Crippen LogP contribution is 2.33. The average molecular weight is 271 g/mol. The van der Waals surface area contributed by atoms with Crippen LogP contribution in [0.4, 0.5) is 0 Å². The van der Waals surface area contributed by atoms with Gasteiger partial charge in [0.05, 0.1) is 7.11 Å². The lowest BCUT2D eigenvalue weighted by atomic mass is 10.1. The highest BCUT2D eigenvalue weighted by Gasteiger charge is 2.10. The first-order chi connectivity index (χ1) is 9.60. The number of aryl methyl sites for hydroxylation is 1. The molecule has 0 aliphatic heterocycles. The molecule has 0 bridgehead atoms. The van der Waals surface area contributed by atoms with Crippen LogP contribution in [0.15, 0.2) is 42.5 Å². The monoisotopic (exact) mass is 271 g/mol. The molecule has 0 saturated heterocycles. The predicted molar refractivity (Wildman–Crippen MR) is 81.6 cm³/mol. The maximum absolute atomic E-state index is 6.01. The van der Waals surface area contributed by atoms with Crippen molar-refractivity contribution >= 4 is 0 Å². The van der Waals surface area contributed by atoms with Crippen molar-refractivity contribution < 1.29 is 9.47 Å². The summed E-state index contributed by atoms with van der Waals surface area (Å²) in [6.45, 7) is 4.01. The molecule has 3 nitrogen and oxygen atoms in total. The van der Waals surface area contributed by atoms with Crippen molar-refractivity contribution in [1.82, 2.24) is 0 Å². The molecule has 0 aromatic heterocycles. The molecule has 1 unspecified atom stereocenters. The van der Waals surface area contributed by atoms with E-state index < -0.39 is 0 Å². The van der Waals surface area contributed by atoms with Gasteiger partial charge >= 0.3 is 0 Å². The molecule has 0 heterocycles. The molecule has 20 heavy (non-hydrogen) atoms. The SMILES string of the molecule is COc1cc(C)ccc1Oc1ccccc1CC(C)N. The van der Waals surface area contributed by atoms with E-state index in [2.05, 4.69) is 0 Å². The van der Waals surface area contributed by atoms with Crippen LogP contribution in [0.2, 0.25) is 0 Å². The lowest BCUT2D eigenvalue weighted by Crippen LogP contribution is -2.18. The zero-order chi connectivity index (χ0) is 14.5. The van der Waals surface area contributed by atoms with E-state index in [1.54, 1.807) is 7.11 Å². The summed E-state index contributed by atoms with van der Waals surface area (Å²) in [7, 11) is 1.65. The number of methoxy groups -OCH3 is 1. The highest BCUT2D eigenvalue weighted by atomic mass is 16.5. The van der Waals surface area contributed by atoms with E-state index in [9.17, 15) is 0 Å². The highest BCUT2D eigenvalue weighted by molar-refractivity contribution is 5.46. The van der Waals surface area contributed by atoms with Crippen molar-refractivity contribution in [3.63, 3.8) is 0 Å². The van der Waals surface area contributed by atoms with Crippen LogP contribution in [0.25, 0.3) is 0 Å². The summed E-state index contributed by atoms with van der Waals surface area (Å²) in [5.74, 6) is 2.28. The Morgan fingerprint density at radius 2 is 1.80 bits per heavy atom. The van der Waals surface area contributed by atoms with E-state index in [0.717, 1.165) is 34.8 Å². The molecule has 0 saturated carbocycles. The smallest absolute Gasteiger partial charge is 0.169 e. The maximum Gasteiger partial charge on any atom is 0.169 e. The van der Waals surface area contributed by atoms with E-state index in [-0.39, 0.29) is 6.04 Å². The molecule has 0 amide bonds. The van der Waals surface area contributed by atoms with Gasteiger partial charge in [-0.25, -0.2) is 0 Å². The number of ether oxygens (including phenoxy) is 2. The number of nitrogens with two attached hydrogens (primary N) is 1. The van der Waals surface area contributed by atoms with E-state index in [0.29, 0.717) is 0 Å². The molecular weight excluding hydrogens is 250 g/mol. The van der Waals surface area contributed by atoms with Gasteiger partial charge < -0.3 is 15.2 Å². The summed E-state index contributed by atoms with van der Waals surface area (Å²) in [5.41, 5.74) is 8.12. The molecule has 0 aliphatic rings. The Bertz CT molecular complexity index is 579. The van der Waals surface area contributed by atoms with Gasteiger partial charge in [0.15, 0.2) is 11.5 Å². The second-order valence-corrected chi connectivity index (χ2v) is 5.05. The molecule has 0 radical (unpaired) electrons. The first kappa shape index (κ1) is 14.4. The zero-order valence-electron chi connectivity index (χ0n) is 12.2. The van der Waals surface area contributed by atoms with Crippen molar-refractivity contribution in [2.45, 2.75) is 26.3 Å². The van der Waals surface area contributed by atoms with Crippen molar-refractivity contribution in [3.05, 3.63) is 53.6 Å². The Kier molecular flexibility index (Phi) is 4.64. The van der Waals surface area contributed by atoms with Crippen molar-refractivity contribution in [2.24, 2.45) is 5.73 Å². The minimum Gasteiger partial charge on any atom is -0.493 e. The number of hydrogen-bond acceptors (Lipinski definition) is 3. The van der Waals surface area contributed by atoms with E-state index in [1.807, 2.05) is 56.3 Å². The predicted octanol–water partition coefficient (Wildman–Crippen LogP) is 3.69. The maximum atomic E-state index is 6.01. The Balaban J connectivity index is 2.30. The minimum absolute atomic E-state index is 0.0969. The minimum atomic E-state index is 0.0969. The summed E-state index contributed by atoms with van der Waals surface area (Å²) in [4.78, 5) is 0. The Labute approximate surface area is 120 Å². The quantitative estimate of drug-likeness (QED) is 0.902. The van der Waals surface area contributed by atoms with Gasteiger partial charge in [0.1, 0.15) is 5.75 Å². The summed E-state index contributed by atoms with van der Waals surface area (Å²) in [5, 5.41) is 0. The standard InChI is InChI=1S/C17H21NO2/c1-12-8-9-16(17(10-12)19-3)20-15-7-5-4-6-14(15)11-13(2)18/h4-10,13H,11,18H2,1-3H3. The fourth-order valence-electron chi connectivity index (χ4n) is 2.10. The zero-order valence-corrected chi connectivity index (χ0v) is 12.2. The van der Waals surface area contributed by atoms with Gasteiger partial charge in [-0.1, -0.05) is 24.3 Å². The Morgan fingerprint density at radius 1 is 1.05 bits per heavy atom. The molecule has 0 spiro atoms. The molecule has 2 aromatic carbocycles. The molecule has 2 aromatic rings. The topological polar surface area (TPSA) is 44.5 Å². The van der Waals surface area contributed by atoms with Crippen LogP contribution >= 0.6 is 0 Å². The van der Waals surface area contributed by atoms with E-state index >= 15 is 0 Å². The fourth-order valence-corrected chi connectivity index (χ4v) is 2.10. The molecule has 1 atom stereocenters. The number of para-hydroxylation sites is 1. The number of benzene rings is 2. The average Bonchev–Trinajstić information content (AvgIpc) is 2.42. The summed E-state index contributed by atoms with van der Waals surface area (Å²) in [6.07, 6.45) is 0.782. The third-order valence-electron chi connectivity index (χ3n) is 3.05. The van der Waals surface area contributed by atoms with Gasteiger partial charge in [-0.15, -0.1) is 0 Å². The van der Waals surface area contributed by atoms with Crippen LogP contribution in [0.5, 0.6) is 17.2 Å². The molecule has 0 fully saturated rings. The number of hydrogen-bond donors (Lipinski definition) is 1. The van der Waals surface area contributed by atoms with Crippen LogP contribution in [-0.2, 0) is 6.42 Å². The first-order valence-electron chi connectivity index (χ1n) is 6.76. The largest absolute Gasteiger partial charge is 0.493 e. The fraction of sp³-hybridized carbons (Fsp3) is 0.294. The third kappa shape index (κ3) is 3.52. The molecule has 2 rings (SSSR count). The Morgan fingerprint density at radius 3 is 2.50 bits per heavy atom. The van der Waals surface area contributed by atoms with Crippen molar-refractivity contribution in [3.8, 4) is 17.2 Å². The molecule has 3 heteroatoms.